The number of carboxylic acids is 1. The second-order valence-electron chi connectivity index (χ2n) is 13.1. The van der Waals surface area contributed by atoms with E-state index in [-0.39, 0.29) is 42.0 Å². The van der Waals surface area contributed by atoms with Gasteiger partial charge in [0.2, 0.25) is 21.9 Å². The molecule has 3 fully saturated rings. The summed E-state index contributed by atoms with van der Waals surface area (Å²) in [4.78, 5) is 62.8. The van der Waals surface area contributed by atoms with Gasteiger partial charge in [-0.05, 0) is 62.3 Å². The molecular weight excluding hydrogens is 648 g/mol. The molecule has 49 heavy (non-hydrogen) atoms. The first-order valence-electron chi connectivity index (χ1n) is 17.0. The zero-order valence-electron chi connectivity index (χ0n) is 27.3. The number of rotatable bonds is 13. The van der Waals surface area contributed by atoms with E-state index in [1.54, 1.807) is 36.4 Å². The van der Waals surface area contributed by atoms with E-state index in [0.717, 1.165) is 31.8 Å². The number of carbonyl (C=O) groups is 4. The van der Waals surface area contributed by atoms with Crippen LogP contribution >= 0.6 is 0 Å². The molecule has 4 heterocycles. The van der Waals surface area contributed by atoms with Gasteiger partial charge < -0.3 is 15.7 Å². The lowest BCUT2D eigenvalue weighted by Gasteiger charge is -2.49. The SMILES string of the molecule is O=C(CCC(=O)c1cccc(NC2=NCCN2C2=NCCC2)c1)NC[C@H](CC(=O)[C@@H]1C2CCC(CC2)N1S(=O)(=O)c1ccccc1)C(=O)O. The zero-order valence-corrected chi connectivity index (χ0v) is 28.1. The van der Waals surface area contributed by atoms with Crippen molar-refractivity contribution in [3.8, 4) is 0 Å². The summed E-state index contributed by atoms with van der Waals surface area (Å²) in [5.41, 5.74) is 1.11. The first-order chi connectivity index (χ1) is 23.6. The van der Waals surface area contributed by atoms with Crippen molar-refractivity contribution >= 4 is 50.9 Å². The Morgan fingerprint density at radius 1 is 0.939 bits per heavy atom. The van der Waals surface area contributed by atoms with Gasteiger partial charge in [0.05, 0.1) is 23.4 Å². The molecular formula is C35H42N6O7S. The fourth-order valence-electron chi connectivity index (χ4n) is 7.33. The highest BCUT2D eigenvalue weighted by Gasteiger charge is 2.51. The number of sulfonamides is 1. The average molecular weight is 691 g/mol. The molecule has 14 heteroatoms. The highest BCUT2D eigenvalue weighted by molar-refractivity contribution is 7.89. The van der Waals surface area contributed by atoms with Gasteiger partial charge in [-0.2, -0.15) is 4.31 Å². The van der Waals surface area contributed by atoms with Crippen molar-refractivity contribution in [3.05, 3.63) is 60.2 Å². The molecule has 0 radical (unpaired) electrons. The third kappa shape index (κ3) is 7.75. The largest absolute Gasteiger partial charge is 0.481 e. The third-order valence-corrected chi connectivity index (χ3v) is 11.8. The molecule has 1 aliphatic carbocycles. The van der Waals surface area contributed by atoms with Crippen LogP contribution in [0.5, 0.6) is 0 Å². The minimum absolute atomic E-state index is 0.0900. The summed E-state index contributed by atoms with van der Waals surface area (Å²) in [5, 5.41) is 15.8. The smallest absolute Gasteiger partial charge is 0.308 e. The highest BCUT2D eigenvalue weighted by atomic mass is 32.2. The lowest BCUT2D eigenvalue weighted by Crippen LogP contribution is -2.60. The van der Waals surface area contributed by atoms with Crippen LogP contribution < -0.4 is 10.6 Å². The minimum Gasteiger partial charge on any atom is -0.481 e. The van der Waals surface area contributed by atoms with E-state index in [4.69, 9.17) is 0 Å². The number of Topliss-reactive ketones (excluding diaryl/α,β-unsaturated/α-hetero) is 2. The van der Waals surface area contributed by atoms with Gasteiger partial charge in [-0.3, -0.25) is 34.1 Å². The fraction of sp³-hybridized carbons (Fsp3) is 0.486. The molecule has 2 bridgehead atoms. The Morgan fingerprint density at radius 3 is 2.43 bits per heavy atom. The van der Waals surface area contributed by atoms with E-state index >= 15 is 0 Å². The van der Waals surface area contributed by atoms with Crippen molar-refractivity contribution < 1.29 is 32.7 Å². The van der Waals surface area contributed by atoms with Gasteiger partial charge in [0.15, 0.2) is 11.6 Å². The number of nitrogens with zero attached hydrogens (tertiary/aromatic N) is 4. The van der Waals surface area contributed by atoms with E-state index in [1.165, 1.54) is 16.4 Å². The molecule has 4 aliphatic heterocycles. The second-order valence-corrected chi connectivity index (χ2v) is 14.9. The summed E-state index contributed by atoms with van der Waals surface area (Å²) >= 11 is 0. The van der Waals surface area contributed by atoms with Crippen LogP contribution in [0.4, 0.5) is 5.69 Å². The lowest BCUT2D eigenvalue weighted by atomic mass is 9.74. The molecule has 2 atom stereocenters. The highest BCUT2D eigenvalue weighted by Crippen LogP contribution is 2.43. The molecule has 3 N–H and O–H groups in total. The van der Waals surface area contributed by atoms with Crippen LogP contribution in [0.2, 0.25) is 0 Å². The zero-order chi connectivity index (χ0) is 34.5. The predicted molar refractivity (Wildman–Crippen MR) is 183 cm³/mol. The quantitative estimate of drug-likeness (QED) is 0.266. The number of nitrogens with one attached hydrogen (secondary N) is 2. The number of piperidine rings is 2. The van der Waals surface area contributed by atoms with E-state index in [1.807, 2.05) is 6.07 Å². The van der Waals surface area contributed by atoms with Crippen LogP contribution in [-0.4, -0.2) is 96.2 Å². The summed E-state index contributed by atoms with van der Waals surface area (Å²) in [7, 11) is -3.98. The van der Waals surface area contributed by atoms with Crippen molar-refractivity contribution in [2.75, 3.05) is 31.5 Å². The standard InChI is InChI=1S/C35H42N6O7S/c42-29(24-6-4-7-26(20-24)39-35-37-18-19-40(35)31-10-5-17-36-31)15-16-32(44)38-22-25(34(45)46)21-30(43)33-23-11-13-27(14-12-23)41(33)49(47,48)28-8-2-1-3-9-28/h1-4,6-9,20,23,25,27,33H,5,10-19,21-22H2,(H,37,39)(H,38,44)(H,45,46)/t23?,25-,27?,33-/m0/s1. The van der Waals surface area contributed by atoms with Gasteiger partial charge in [0.1, 0.15) is 5.84 Å². The predicted octanol–water partition coefficient (Wildman–Crippen LogP) is 3.33. The normalized spacial score (nSPS) is 22.7. The van der Waals surface area contributed by atoms with E-state index in [0.29, 0.717) is 49.4 Å². The molecule has 0 spiro atoms. The molecule has 2 saturated heterocycles. The number of benzene rings is 2. The van der Waals surface area contributed by atoms with Crippen LogP contribution in [0.3, 0.4) is 0 Å². The maximum Gasteiger partial charge on any atom is 0.308 e. The number of carboxylic acid groups (broad SMARTS) is 1. The number of fused-ring (bicyclic) bond motifs is 3. The number of amidine groups is 1. The number of hydrogen-bond acceptors (Lipinski definition) is 10. The number of amides is 1. The molecule has 13 nitrogen and oxygen atoms in total. The molecule has 2 aromatic rings. The van der Waals surface area contributed by atoms with Gasteiger partial charge in [0, 0.05) is 62.6 Å². The molecule has 2 aromatic carbocycles. The van der Waals surface area contributed by atoms with Gasteiger partial charge >= 0.3 is 5.97 Å². The Labute approximate surface area is 285 Å². The van der Waals surface area contributed by atoms with Crippen molar-refractivity contribution in [1.82, 2.24) is 14.5 Å². The number of guanidine groups is 1. The summed E-state index contributed by atoms with van der Waals surface area (Å²) < 4.78 is 28.7. The second kappa shape index (κ2) is 15.0. The third-order valence-electron chi connectivity index (χ3n) is 9.84. The summed E-state index contributed by atoms with van der Waals surface area (Å²) in [6.45, 7) is 1.90. The summed E-state index contributed by atoms with van der Waals surface area (Å²) in [6.07, 6.45) is 3.97. The van der Waals surface area contributed by atoms with E-state index in [2.05, 4.69) is 25.5 Å². The molecule has 5 aliphatic rings. The van der Waals surface area contributed by atoms with Gasteiger partial charge in [0.25, 0.3) is 0 Å². The van der Waals surface area contributed by atoms with Crippen LogP contribution in [-0.2, 0) is 24.4 Å². The van der Waals surface area contributed by atoms with Crippen molar-refractivity contribution in [3.63, 3.8) is 0 Å². The number of hydrogen-bond donors (Lipinski definition) is 3. The van der Waals surface area contributed by atoms with E-state index < -0.39 is 46.1 Å². The molecule has 7 rings (SSSR count). The number of ketones is 2. The molecule has 260 valence electrons. The van der Waals surface area contributed by atoms with Gasteiger partial charge in [-0.25, -0.2) is 8.42 Å². The maximum atomic E-state index is 13.7. The molecule has 0 aromatic heterocycles. The lowest BCUT2D eigenvalue weighted by molar-refractivity contribution is -0.145. The van der Waals surface area contributed by atoms with Crippen LogP contribution in [0.15, 0.2) is 69.5 Å². The maximum absolute atomic E-state index is 13.7. The van der Waals surface area contributed by atoms with E-state index in [9.17, 15) is 32.7 Å². The number of aliphatic carboxylic acids is 1. The molecule has 1 saturated carbocycles. The Bertz CT molecular complexity index is 1750. The van der Waals surface area contributed by atoms with Crippen LogP contribution in [0.25, 0.3) is 0 Å². The number of anilines is 1. The van der Waals surface area contributed by atoms with Crippen molar-refractivity contribution in [2.45, 2.75) is 74.8 Å². The van der Waals surface area contributed by atoms with Crippen molar-refractivity contribution in [2.24, 2.45) is 21.8 Å². The molecule has 0 unspecified atom stereocenters. The number of aliphatic imine (C=N–C) groups is 2. The van der Waals surface area contributed by atoms with Crippen LogP contribution in [0, 0.1) is 11.8 Å². The first-order valence-corrected chi connectivity index (χ1v) is 18.4. The molecule has 1 amide bonds. The Morgan fingerprint density at radius 2 is 1.71 bits per heavy atom. The Hall–Kier alpha value is -4.43. The number of carbonyl (C=O) groups excluding carboxylic acids is 3. The van der Waals surface area contributed by atoms with Gasteiger partial charge in [-0.1, -0.05) is 30.3 Å². The average Bonchev–Trinajstić information content (AvgIpc) is 3.82. The minimum atomic E-state index is -3.98. The van der Waals surface area contributed by atoms with Crippen molar-refractivity contribution in [1.29, 1.82) is 0 Å². The fourth-order valence-corrected chi connectivity index (χ4v) is 9.26. The monoisotopic (exact) mass is 690 g/mol. The first kappa shape index (κ1) is 34.4. The summed E-state index contributed by atoms with van der Waals surface area (Å²) in [5.74, 6) is -2.22. The Kier molecular flexibility index (Phi) is 10.5. The van der Waals surface area contributed by atoms with Crippen LogP contribution in [0.1, 0.15) is 68.1 Å². The topological polar surface area (TPSA) is 178 Å². The Balaban J connectivity index is 1.02. The summed E-state index contributed by atoms with van der Waals surface area (Å²) in [6, 6.07) is 13.7. The van der Waals surface area contributed by atoms with Gasteiger partial charge in [-0.15, -0.1) is 0 Å².